The van der Waals surface area contributed by atoms with Crippen LogP contribution in [0.1, 0.15) is 11.1 Å². The third-order valence-electron chi connectivity index (χ3n) is 8.37. The predicted octanol–water partition coefficient (Wildman–Crippen LogP) is 6.81. The Kier molecular flexibility index (Phi) is 6.42. The van der Waals surface area contributed by atoms with Crippen LogP contribution >= 0.6 is 0 Å². The highest BCUT2D eigenvalue weighted by Crippen LogP contribution is 2.51. The maximum Gasteiger partial charge on any atom is 0.141 e. The zero-order chi connectivity index (χ0) is 27.1. The summed E-state index contributed by atoms with van der Waals surface area (Å²) < 4.78 is 6.05. The van der Waals surface area contributed by atoms with Crippen molar-refractivity contribution in [3.63, 3.8) is 0 Å². The average molecular weight is 529 g/mol. The van der Waals surface area contributed by atoms with Crippen molar-refractivity contribution in [2.45, 2.75) is 13.5 Å². The van der Waals surface area contributed by atoms with E-state index in [4.69, 9.17) is 4.74 Å². The fraction of sp³-hybridized carbons (Fsp3) is 0.235. The lowest BCUT2D eigenvalue weighted by atomic mass is 10.0. The lowest BCUT2D eigenvalue weighted by Crippen LogP contribution is -2.24. The van der Waals surface area contributed by atoms with Crippen molar-refractivity contribution < 1.29 is 9.84 Å². The SMILES string of the molecule is Cc1cc(Nc2ncnc3ccc(-c4cccc(CN5CC6C(CO)C6C5)c4)cc23)ccc1Oc1ccccc1. The van der Waals surface area contributed by atoms with E-state index in [1.54, 1.807) is 6.33 Å². The Labute approximate surface area is 234 Å². The summed E-state index contributed by atoms with van der Waals surface area (Å²) in [6, 6.07) is 31.1. The second kappa shape index (κ2) is 10.4. The van der Waals surface area contributed by atoms with E-state index in [0.717, 1.165) is 64.7 Å². The first-order valence-electron chi connectivity index (χ1n) is 13.9. The topological polar surface area (TPSA) is 70.5 Å². The number of fused-ring (bicyclic) bond motifs is 2. The molecule has 0 radical (unpaired) electrons. The minimum atomic E-state index is 0.342. The molecule has 2 atom stereocenters. The Morgan fingerprint density at radius 1 is 0.875 bits per heavy atom. The van der Waals surface area contributed by atoms with Gasteiger partial charge in [0.25, 0.3) is 0 Å². The van der Waals surface area contributed by atoms with Crippen molar-refractivity contribution in [3.05, 3.63) is 108 Å². The lowest BCUT2D eigenvalue weighted by molar-refractivity contribution is 0.217. The molecule has 0 spiro atoms. The lowest BCUT2D eigenvalue weighted by Gasteiger charge is -2.19. The van der Waals surface area contributed by atoms with E-state index in [1.807, 2.05) is 49.4 Å². The normalized spacial score (nSPS) is 19.9. The van der Waals surface area contributed by atoms with E-state index in [0.29, 0.717) is 24.4 Å². The van der Waals surface area contributed by atoms with E-state index >= 15 is 0 Å². The molecule has 7 rings (SSSR count). The van der Waals surface area contributed by atoms with Gasteiger partial charge in [0.15, 0.2) is 0 Å². The third kappa shape index (κ3) is 4.92. The van der Waals surface area contributed by atoms with Crippen LogP contribution in [-0.4, -0.2) is 39.7 Å². The van der Waals surface area contributed by atoms with Crippen molar-refractivity contribution in [2.24, 2.45) is 17.8 Å². The van der Waals surface area contributed by atoms with Gasteiger partial charge in [0.1, 0.15) is 23.6 Å². The summed E-state index contributed by atoms with van der Waals surface area (Å²) in [6.07, 6.45) is 1.60. The summed E-state index contributed by atoms with van der Waals surface area (Å²) in [5, 5.41) is 13.9. The monoisotopic (exact) mass is 528 g/mol. The number of piperidine rings is 1. The minimum absolute atomic E-state index is 0.342. The molecule has 6 nitrogen and oxygen atoms in total. The highest BCUT2D eigenvalue weighted by Gasteiger charge is 2.54. The number of likely N-dealkylation sites (tertiary alicyclic amines) is 1. The van der Waals surface area contributed by atoms with Gasteiger partial charge in [-0.05, 0) is 95.5 Å². The van der Waals surface area contributed by atoms with Gasteiger partial charge >= 0.3 is 0 Å². The van der Waals surface area contributed by atoms with E-state index in [1.165, 1.54) is 11.1 Å². The molecule has 1 aliphatic carbocycles. The number of aliphatic hydroxyl groups excluding tert-OH is 1. The molecule has 2 aliphatic rings. The molecule has 2 unspecified atom stereocenters. The van der Waals surface area contributed by atoms with Crippen molar-refractivity contribution in [2.75, 3.05) is 25.0 Å². The Morgan fingerprint density at radius 3 is 2.50 bits per heavy atom. The quantitative estimate of drug-likeness (QED) is 0.231. The largest absolute Gasteiger partial charge is 0.457 e. The molecule has 5 aromatic rings. The number of nitrogens with one attached hydrogen (secondary N) is 1. The summed E-state index contributed by atoms with van der Waals surface area (Å²) >= 11 is 0. The highest BCUT2D eigenvalue weighted by atomic mass is 16.5. The molecule has 0 bridgehead atoms. The van der Waals surface area contributed by atoms with Gasteiger partial charge in [-0.1, -0.05) is 42.5 Å². The van der Waals surface area contributed by atoms with Crippen LogP contribution in [-0.2, 0) is 6.54 Å². The maximum atomic E-state index is 9.46. The number of anilines is 2. The Balaban J connectivity index is 1.11. The number of rotatable bonds is 8. The fourth-order valence-electron chi connectivity index (χ4n) is 6.17. The van der Waals surface area contributed by atoms with Gasteiger partial charge in [-0.15, -0.1) is 0 Å². The summed E-state index contributed by atoms with van der Waals surface area (Å²) in [6.45, 7) is 5.53. The minimum Gasteiger partial charge on any atom is -0.457 e. The number of hydrogen-bond donors (Lipinski definition) is 2. The standard InChI is InChI=1S/C34H32N4O2/c1-22-14-26(11-13-33(22)40-27-8-3-2-4-9-27)37-34-28-16-25(10-12-32(28)35-21-36-34)24-7-5-6-23(15-24)17-38-18-29-30(19-38)31(29)20-39/h2-16,21,29-31,39H,17-20H2,1H3,(H,35,36,37). The average Bonchev–Trinajstić information content (AvgIpc) is 3.47. The first-order valence-corrected chi connectivity index (χ1v) is 13.9. The van der Waals surface area contributed by atoms with Crippen LogP contribution in [0.5, 0.6) is 11.5 Å². The van der Waals surface area contributed by atoms with Crippen molar-refractivity contribution in [3.8, 4) is 22.6 Å². The van der Waals surface area contributed by atoms with Gasteiger partial charge in [-0.3, -0.25) is 4.90 Å². The number of aliphatic hydroxyl groups is 1. The van der Waals surface area contributed by atoms with Crippen molar-refractivity contribution in [1.29, 1.82) is 0 Å². The molecule has 200 valence electrons. The van der Waals surface area contributed by atoms with E-state index in [2.05, 4.69) is 68.7 Å². The van der Waals surface area contributed by atoms with Crippen LogP contribution in [0, 0.1) is 24.7 Å². The van der Waals surface area contributed by atoms with Crippen LogP contribution in [0.4, 0.5) is 11.5 Å². The molecular weight excluding hydrogens is 496 g/mol. The second-order valence-corrected chi connectivity index (χ2v) is 11.0. The molecule has 1 aromatic heterocycles. The number of ether oxygens (including phenoxy) is 1. The van der Waals surface area contributed by atoms with E-state index in [9.17, 15) is 5.11 Å². The number of aryl methyl sites for hydroxylation is 1. The first-order chi connectivity index (χ1) is 19.6. The van der Waals surface area contributed by atoms with Crippen LogP contribution < -0.4 is 10.1 Å². The molecule has 2 fully saturated rings. The Bertz CT molecular complexity index is 1660. The molecule has 1 saturated heterocycles. The summed E-state index contributed by atoms with van der Waals surface area (Å²) in [5.74, 6) is 4.33. The van der Waals surface area contributed by atoms with Crippen LogP contribution in [0.25, 0.3) is 22.0 Å². The van der Waals surface area contributed by atoms with Crippen molar-refractivity contribution >= 4 is 22.4 Å². The van der Waals surface area contributed by atoms with Crippen molar-refractivity contribution in [1.82, 2.24) is 14.9 Å². The van der Waals surface area contributed by atoms with E-state index in [-0.39, 0.29) is 0 Å². The smallest absolute Gasteiger partial charge is 0.141 e. The Hall–Kier alpha value is -4.26. The predicted molar refractivity (Wildman–Crippen MR) is 159 cm³/mol. The molecule has 2 N–H and O–H groups in total. The van der Waals surface area contributed by atoms with Gasteiger partial charge in [0.05, 0.1) is 5.52 Å². The molecule has 6 heteroatoms. The summed E-state index contributed by atoms with van der Waals surface area (Å²) in [4.78, 5) is 11.6. The fourth-order valence-corrected chi connectivity index (χ4v) is 6.17. The first kappa shape index (κ1) is 24.8. The van der Waals surface area contributed by atoms with Gasteiger partial charge in [-0.25, -0.2) is 9.97 Å². The summed E-state index contributed by atoms with van der Waals surface area (Å²) in [7, 11) is 0. The molecule has 1 aliphatic heterocycles. The van der Waals surface area contributed by atoms with Gasteiger partial charge < -0.3 is 15.2 Å². The Morgan fingerprint density at radius 2 is 1.70 bits per heavy atom. The zero-order valence-corrected chi connectivity index (χ0v) is 22.5. The zero-order valence-electron chi connectivity index (χ0n) is 22.5. The molecule has 2 heterocycles. The van der Waals surface area contributed by atoms with Crippen LogP contribution in [0.2, 0.25) is 0 Å². The third-order valence-corrected chi connectivity index (χ3v) is 8.37. The summed E-state index contributed by atoms with van der Waals surface area (Å²) in [5.41, 5.74) is 6.51. The number of nitrogens with zero attached hydrogens (tertiary/aromatic N) is 3. The number of benzene rings is 4. The molecule has 1 saturated carbocycles. The molecule has 0 amide bonds. The van der Waals surface area contributed by atoms with Crippen LogP contribution in [0.15, 0.2) is 97.3 Å². The molecule has 4 aromatic carbocycles. The van der Waals surface area contributed by atoms with E-state index < -0.39 is 0 Å². The second-order valence-electron chi connectivity index (χ2n) is 11.0. The number of aromatic nitrogens is 2. The maximum absolute atomic E-state index is 9.46. The number of hydrogen-bond acceptors (Lipinski definition) is 6. The number of para-hydroxylation sites is 1. The van der Waals surface area contributed by atoms with Crippen LogP contribution in [0.3, 0.4) is 0 Å². The highest BCUT2D eigenvalue weighted by molar-refractivity contribution is 5.94. The van der Waals surface area contributed by atoms with Gasteiger partial charge in [0.2, 0.25) is 0 Å². The van der Waals surface area contributed by atoms with Gasteiger partial charge in [0, 0.05) is 37.3 Å². The van der Waals surface area contributed by atoms with Gasteiger partial charge in [-0.2, -0.15) is 0 Å². The molecular formula is C34H32N4O2. The molecule has 40 heavy (non-hydrogen) atoms.